The molecule has 0 unspecified atom stereocenters. The Morgan fingerprint density at radius 1 is 1.04 bits per heavy atom. The van der Waals surface area contributed by atoms with E-state index in [0.29, 0.717) is 44.1 Å². The zero-order valence-corrected chi connectivity index (χ0v) is 15.4. The first-order chi connectivity index (χ1) is 12.0. The molecule has 0 atom stereocenters. The van der Waals surface area contributed by atoms with Crippen molar-refractivity contribution in [2.24, 2.45) is 0 Å². The second-order valence-corrected chi connectivity index (χ2v) is 6.17. The van der Waals surface area contributed by atoms with E-state index in [-0.39, 0.29) is 11.7 Å². The van der Waals surface area contributed by atoms with Crippen molar-refractivity contribution in [1.82, 2.24) is 0 Å². The lowest BCUT2D eigenvalue weighted by Crippen LogP contribution is -2.03. The van der Waals surface area contributed by atoms with Crippen molar-refractivity contribution in [1.29, 1.82) is 0 Å². The largest absolute Gasteiger partial charge is 0.506 e. The van der Waals surface area contributed by atoms with Crippen LogP contribution in [0, 0.1) is 0 Å². The Hall–Kier alpha value is -2.67. The minimum absolute atomic E-state index is 0.0232. The molecule has 0 bridgehead atoms. The lowest BCUT2D eigenvalue weighted by atomic mass is 10.0. The number of anilines is 1. The maximum atomic E-state index is 12.4. The van der Waals surface area contributed by atoms with Gasteiger partial charge in [0.1, 0.15) is 11.5 Å². The summed E-state index contributed by atoms with van der Waals surface area (Å²) < 4.78 is 16.3. The van der Waals surface area contributed by atoms with E-state index in [9.17, 15) is 9.90 Å². The Kier molecular flexibility index (Phi) is 4.59. The van der Waals surface area contributed by atoms with Gasteiger partial charge in [0.25, 0.3) is 5.91 Å². The molecule has 0 saturated carbocycles. The maximum Gasteiger partial charge on any atom is 0.256 e. The smallest absolute Gasteiger partial charge is 0.256 e. The van der Waals surface area contributed by atoms with Gasteiger partial charge in [0.15, 0.2) is 11.5 Å². The van der Waals surface area contributed by atoms with Crippen molar-refractivity contribution in [2.45, 2.75) is 0 Å². The molecule has 6 nitrogen and oxygen atoms in total. The summed E-state index contributed by atoms with van der Waals surface area (Å²) in [4.78, 5) is 12.4. The van der Waals surface area contributed by atoms with Gasteiger partial charge in [-0.15, -0.1) is 0 Å². The summed E-state index contributed by atoms with van der Waals surface area (Å²) in [6.45, 7) is 0. The fourth-order valence-corrected chi connectivity index (χ4v) is 3.09. The Morgan fingerprint density at radius 2 is 1.72 bits per heavy atom. The molecule has 25 heavy (non-hydrogen) atoms. The van der Waals surface area contributed by atoms with Gasteiger partial charge in [-0.25, -0.2) is 0 Å². The molecule has 1 heterocycles. The molecular weight excluding hydrogens is 390 g/mol. The first-order valence-electron chi connectivity index (χ1n) is 7.34. The fraction of sp³-hybridized carbons (Fsp3) is 0.167. The number of rotatable bonds is 4. The van der Waals surface area contributed by atoms with Gasteiger partial charge in [0.05, 0.1) is 31.5 Å². The average Bonchev–Trinajstić information content (AvgIpc) is 2.91. The first kappa shape index (κ1) is 17.2. The molecule has 1 aliphatic rings. The highest BCUT2D eigenvalue weighted by Crippen LogP contribution is 2.42. The molecule has 0 saturated heterocycles. The van der Waals surface area contributed by atoms with E-state index in [1.807, 2.05) is 0 Å². The molecule has 0 aromatic heterocycles. The number of amides is 1. The average molecular weight is 406 g/mol. The molecule has 130 valence electrons. The van der Waals surface area contributed by atoms with E-state index >= 15 is 0 Å². The predicted octanol–water partition coefficient (Wildman–Crippen LogP) is 3.67. The molecule has 1 aliphatic heterocycles. The number of phenols is 1. The van der Waals surface area contributed by atoms with E-state index < -0.39 is 0 Å². The molecule has 2 aromatic carbocycles. The van der Waals surface area contributed by atoms with Crippen LogP contribution in [0.4, 0.5) is 5.69 Å². The monoisotopic (exact) mass is 405 g/mol. The van der Waals surface area contributed by atoms with Crippen LogP contribution < -0.4 is 19.5 Å². The third-order valence-corrected chi connectivity index (χ3v) is 4.51. The van der Waals surface area contributed by atoms with Gasteiger partial charge in [-0.3, -0.25) is 4.79 Å². The quantitative estimate of drug-likeness (QED) is 0.758. The number of carbonyl (C=O) groups excluding carboxylic acids is 1. The van der Waals surface area contributed by atoms with Crippen molar-refractivity contribution in [2.75, 3.05) is 26.6 Å². The minimum Gasteiger partial charge on any atom is -0.506 e. The standard InChI is InChI=1S/C18H16BrNO5/c1-23-10-4-9(17(21)13(19)6-10)5-12-11-7-15(24-2)16(25-3)8-14(11)20-18(12)22/h4-8,21H,1-3H3,(H,20,22)/b12-5-. The highest BCUT2D eigenvalue weighted by atomic mass is 79.9. The van der Waals surface area contributed by atoms with Crippen LogP contribution in [0.2, 0.25) is 0 Å². The van der Waals surface area contributed by atoms with Crippen LogP contribution in [-0.2, 0) is 4.79 Å². The second kappa shape index (κ2) is 6.68. The molecule has 0 aliphatic carbocycles. The van der Waals surface area contributed by atoms with Crippen LogP contribution in [0.5, 0.6) is 23.0 Å². The molecule has 0 spiro atoms. The summed E-state index contributed by atoms with van der Waals surface area (Å²) in [6, 6.07) is 6.73. The second-order valence-electron chi connectivity index (χ2n) is 5.31. The molecule has 2 aromatic rings. The third-order valence-electron chi connectivity index (χ3n) is 3.91. The Morgan fingerprint density at radius 3 is 2.36 bits per heavy atom. The minimum atomic E-state index is -0.274. The van der Waals surface area contributed by atoms with Gasteiger partial charge in [-0.1, -0.05) is 0 Å². The zero-order chi connectivity index (χ0) is 18.1. The van der Waals surface area contributed by atoms with E-state index in [0.717, 1.165) is 0 Å². The first-order valence-corrected chi connectivity index (χ1v) is 8.13. The van der Waals surface area contributed by atoms with E-state index in [4.69, 9.17) is 14.2 Å². The van der Waals surface area contributed by atoms with Crippen molar-refractivity contribution in [3.05, 3.63) is 39.9 Å². The summed E-state index contributed by atoms with van der Waals surface area (Å²) in [7, 11) is 4.59. The summed E-state index contributed by atoms with van der Waals surface area (Å²) in [5.74, 6) is 1.34. The number of nitrogens with one attached hydrogen (secondary N) is 1. The Bertz CT molecular complexity index is 892. The van der Waals surface area contributed by atoms with Gasteiger partial charge in [0, 0.05) is 22.8 Å². The number of hydrogen-bond donors (Lipinski definition) is 2. The summed E-state index contributed by atoms with van der Waals surface area (Å²) in [5, 5.41) is 13.1. The normalized spacial score (nSPS) is 14.2. The SMILES string of the molecule is COc1cc(Br)c(O)c(/C=C2\C(=O)Nc3cc(OC)c(OC)cc32)c1. The topological polar surface area (TPSA) is 77.0 Å². The fourth-order valence-electron chi connectivity index (χ4n) is 2.64. The number of hydrogen-bond acceptors (Lipinski definition) is 5. The zero-order valence-electron chi connectivity index (χ0n) is 13.8. The van der Waals surface area contributed by atoms with Crippen molar-refractivity contribution in [3.8, 4) is 23.0 Å². The highest BCUT2D eigenvalue weighted by Gasteiger charge is 2.27. The van der Waals surface area contributed by atoms with Crippen LogP contribution in [0.25, 0.3) is 11.6 Å². The van der Waals surface area contributed by atoms with Gasteiger partial charge in [-0.05, 0) is 40.2 Å². The molecule has 0 fully saturated rings. The number of fused-ring (bicyclic) bond motifs is 1. The third kappa shape index (κ3) is 3.02. The summed E-state index contributed by atoms with van der Waals surface area (Å²) >= 11 is 3.28. The predicted molar refractivity (Wildman–Crippen MR) is 98.4 cm³/mol. The van der Waals surface area contributed by atoms with Gasteiger partial charge >= 0.3 is 0 Å². The highest BCUT2D eigenvalue weighted by molar-refractivity contribution is 9.10. The number of methoxy groups -OCH3 is 3. The van der Waals surface area contributed by atoms with Gasteiger partial charge in [-0.2, -0.15) is 0 Å². The summed E-state index contributed by atoms with van der Waals surface area (Å²) in [6.07, 6.45) is 1.61. The van der Waals surface area contributed by atoms with Crippen molar-refractivity contribution >= 4 is 39.2 Å². The number of benzene rings is 2. The number of carbonyl (C=O) groups is 1. The number of aromatic hydroxyl groups is 1. The van der Waals surface area contributed by atoms with E-state index in [2.05, 4.69) is 21.2 Å². The number of halogens is 1. The number of ether oxygens (including phenoxy) is 3. The van der Waals surface area contributed by atoms with Crippen LogP contribution in [0.1, 0.15) is 11.1 Å². The molecule has 1 amide bonds. The van der Waals surface area contributed by atoms with Crippen molar-refractivity contribution < 1.29 is 24.1 Å². The van der Waals surface area contributed by atoms with Gasteiger partial charge in [0.2, 0.25) is 0 Å². The van der Waals surface area contributed by atoms with Crippen LogP contribution in [-0.4, -0.2) is 32.3 Å². The Labute approximate surface area is 153 Å². The lowest BCUT2D eigenvalue weighted by molar-refractivity contribution is -0.110. The van der Waals surface area contributed by atoms with Crippen molar-refractivity contribution in [3.63, 3.8) is 0 Å². The summed E-state index contributed by atoms with van der Waals surface area (Å²) in [5.41, 5.74) is 2.15. The maximum absolute atomic E-state index is 12.4. The molecule has 7 heteroatoms. The number of phenolic OH excluding ortho intramolecular Hbond substituents is 1. The van der Waals surface area contributed by atoms with E-state index in [1.54, 1.807) is 30.3 Å². The molecule has 0 radical (unpaired) electrons. The lowest BCUT2D eigenvalue weighted by Gasteiger charge is -2.10. The Balaban J connectivity index is 2.16. The van der Waals surface area contributed by atoms with Crippen LogP contribution in [0.3, 0.4) is 0 Å². The van der Waals surface area contributed by atoms with Crippen LogP contribution >= 0.6 is 15.9 Å². The van der Waals surface area contributed by atoms with Gasteiger partial charge < -0.3 is 24.6 Å². The molecule has 3 rings (SSSR count). The van der Waals surface area contributed by atoms with E-state index in [1.165, 1.54) is 21.3 Å². The molecular formula is C18H16BrNO5. The molecule has 2 N–H and O–H groups in total. The van der Waals surface area contributed by atoms with Crippen LogP contribution in [0.15, 0.2) is 28.7 Å².